The maximum atomic E-state index is 11.9. The van der Waals surface area contributed by atoms with Crippen molar-refractivity contribution in [1.82, 2.24) is 5.32 Å². The number of carbonyl (C=O) groups excluding carboxylic acids is 1. The first-order valence-corrected chi connectivity index (χ1v) is 7.20. The molecule has 1 atom stereocenters. The number of amides is 1. The molecule has 20 heavy (non-hydrogen) atoms. The largest absolute Gasteiger partial charge is 0.481 e. The number of nitrogens with two attached hydrogens (primary N) is 1. The Hall–Kier alpha value is -1.55. The van der Waals surface area contributed by atoms with Crippen LogP contribution in [0.2, 0.25) is 0 Å². The molecule has 0 aliphatic heterocycles. The summed E-state index contributed by atoms with van der Waals surface area (Å²) < 4.78 is 5.84. The molecule has 1 rings (SSSR count). The summed E-state index contributed by atoms with van der Waals surface area (Å²) in [6.45, 7) is 9.18. The van der Waals surface area contributed by atoms with E-state index in [4.69, 9.17) is 10.5 Å². The Bertz CT molecular complexity index is 444. The van der Waals surface area contributed by atoms with Gasteiger partial charge in [0.15, 0.2) is 6.10 Å². The van der Waals surface area contributed by atoms with Gasteiger partial charge in [-0.25, -0.2) is 0 Å². The smallest absolute Gasteiger partial charge is 0.260 e. The van der Waals surface area contributed by atoms with Crippen LogP contribution < -0.4 is 15.8 Å². The van der Waals surface area contributed by atoms with E-state index in [2.05, 4.69) is 31.3 Å². The van der Waals surface area contributed by atoms with E-state index >= 15 is 0 Å². The zero-order chi connectivity index (χ0) is 15.1. The molecule has 1 aromatic rings. The van der Waals surface area contributed by atoms with Crippen molar-refractivity contribution in [3.8, 4) is 5.75 Å². The first-order chi connectivity index (χ1) is 9.45. The Morgan fingerprint density at radius 3 is 2.65 bits per heavy atom. The summed E-state index contributed by atoms with van der Waals surface area (Å²) >= 11 is 0. The minimum absolute atomic E-state index is 0.102. The van der Waals surface area contributed by atoms with E-state index in [-0.39, 0.29) is 5.91 Å². The molecule has 0 fully saturated rings. The molecule has 1 aromatic carbocycles. The van der Waals surface area contributed by atoms with Crippen LogP contribution in [0.1, 0.15) is 44.2 Å². The first-order valence-electron chi connectivity index (χ1n) is 7.20. The fourth-order valence-corrected chi connectivity index (χ4v) is 1.92. The van der Waals surface area contributed by atoms with E-state index in [1.165, 1.54) is 0 Å². The number of hydrogen-bond donors (Lipinski definition) is 2. The van der Waals surface area contributed by atoms with E-state index in [1.807, 2.05) is 13.0 Å². The Labute approximate surface area is 121 Å². The summed E-state index contributed by atoms with van der Waals surface area (Å²) in [4.78, 5) is 11.9. The molecule has 1 amide bonds. The molecular formula is C16H26N2O2. The molecule has 0 aromatic heterocycles. The Morgan fingerprint density at radius 1 is 1.35 bits per heavy atom. The lowest BCUT2D eigenvalue weighted by Gasteiger charge is -2.19. The lowest BCUT2D eigenvalue weighted by atomic mass is 10.0. The van der Waals surface area contributed by atoms with Crippen molar-refractivity contribution < 1.29 is 9.53 Å². The lowest BCUT2D eigenvalue weighted by molar-refractivity contribution is -0.127. The zero-order valence-corrected chi connectivity index (χ0v) is 12.9. The van der Waals surface area contributed by atoms with E-state index in [9.17, 15) is 4.79 Å². The molecule has 3 N–H and O–H groups in total. The van der Waals surface area contributed by atoms with Crippen LogP contribution in [0, 0.1) is 6.92 Å². The van der Waals surface area contributed by atoms with Gasteiger partial charge < -0.3 is 15.8 Å². The van der Waals surface area contributed by atoms with Crippen molar-refractivity contribution in [1.29, 1.82) is 0 Å². The van der Waals surface area contributed by atoms with Crippen LogP contribution in [0.25, 0.3) is 0 Å². The molecule has 0 bridgehead atoms. The molecule has 0 radical (unpaired) electrons. The summed E-state index contributed by atoms with van der Waals surface area (Å²) in [7, 11) is 0. The standard InChI is InChI=1S/C16H26N2O2/c1-11(2)14-7-6-12(3)10-15(14)20-13(4)16(19)18-9-5-8-17/h6-7,10-11,13H,5,8-9,17H2,1-4H3,(H,18,19). The van der Waals surface area contributed by atoms with Gasteiger partial charge in [-0.2, -0.15) is 0 Å². The zero-order valence-electron chi connectivity index (χ0n) is 12.9. The Balaban J connectivity index is 2.71. The van der Waals surface area contributed by atoms with Gasteiger partial charge in [0.25, 0.3) is 5.91 Å². The summed E-state index contributed by atoms with van der Waals surface area (Å²) in [5.41, 5.74) is 7.65. The fourth-order valence-electron chi connectivity index (χ4n) is 1.92. The second-order valence-electron chi connectivity index (χ2n) is 5.39. The normalized spacial score (nSPS) is 12.3. The quantitative estimate of drug-likeness (QED) is 0.752. The molecule has 1 unspecified atom stereocenters. The number of ether oxygens (including phenoxy) is 1. The van der Waals surface area contributed by atoms with E-state index in [0.717, 1.165) is 23.3 Å². The van der Waals surface area contributed by atoms with Gasteiger partial charge in [-0.05, 0) is 49.9 Å². The molecule has 0 spiro atoms. The number of benzene rings is 1. The Kier molecular flexibility index (Phi) is 6.52. The third-order valence-corrected chi connectivity index (χ3v) is 3.14. The van der Waals surface area contributed by atoms with Crippen LogP contribution in [0.5, 0.6) is 5.75 Å². The Morgan fingerprint density at radius 2 is 2.05 bits per heavy atom. The molecule has 0 aliphatic rings. The van der Waals surface area contributed by atoms with Gasteiger partial charge in [0.2, 0.25) is 0 Å². The number of carbonyl (C=O) groups is 1. The molecule has 0 aliphatic carbocycles. The van der Waals surface area contributed by atoms with Gasteiger partial charge in [-0.15, -0.1) is 0 Å². The molecule has 4 nitrogen and oxygen atoms in total. The molecule has 4 heteroatoms. The van der Waals surface area contributed by atoms with Crippen LogP contribution in [0.15, 0.2) is 18.2 Å². The van der Waals surface area contributed by atoms with Crippen molar-refractivity contribution in [2.45, 2.75) is 46.1 Å². The predicted octanol–water partition coefficient (Wildman–Crippen LogP) is 2.35. The molecular weight excluding hydrogens is 252 g/mol. The van der Waals surface area contributed by atoms with Crippen LogP contribution in [0.4, 0.5) is 0 Å². The topological polar surface area (TPSA) is 64.3 Å². The van der Waals surface area contributed by atoms with Gasteiger partial charge in [0, 0.05) is 6.54 Å². The molecule has 0 saturated heterocycles. The van der Waals surface area contributed by atoms with Crippen molar-refractivity contribution in [3.63, 3.8) is 0 Å². The van der Waals surface area contributed by atoms with Gasteiger partial charge in [0.05, 0.1) is 0 Å². The van der Waals surface area contributed by atoms with Gasteiger partial charge in [0.1, 0.15) is 5.75 Å². The van der Waals surface area contributed by atoms with E-state index in [1.54, 1.807) is 6.92 Å². The van der Waals surface area contributed by atoms with Crippen molar-refractivity contribution in [2.75, 3.05) is 13.1 Å². The lowest BCUT2D eigenvalue weighted by Crippen LogP contribution is -2.37. The van der Waals surface area contributed by atoms with Gasteiger partial charge >= 0.3 is 0 Å². The number of rotatable bonds is 7. The SMILES string of the molecule is Cc1ccc(C(C)C)c(OC(C)C(=O)NCCCN)c1. The maximum Gasteiger partial charge on any atom is 0.260 e. The summed E-state index contributed by atoms with van der Waals surface area (Å²) in [5.74, 6) is 1.05. The van der Waals surface area contributed by atoms with Crippen LogP contribution in [0.3, 0.4) is 0 Å². The highest BCUT2D eigenvalue weighted by Gasteiger charge is 2.17. The molecule has 0 heterocycles. The monoisotopic (exact) mass is 278 g/mol. The molecule has 0 saturated carbocycles. The van der Waals surface area contributed by atoms with Gasteiger partial charge in [-0.1, -0.05) is 26.0 Å². The van der Waals surface area contributed by atoms with Crippen molar-refractivity contribution in [2.24, 2.45) is 5.73 Å². The average Bonchev–Trinajstić information content (AvgIpc) is 2.38. The highest BCUT2D eigenvalue weighted by molar-refractivity contribution is 5.80. The number of hydrogen-bond acceptors (Lipinski definition) is 3. The highest BCUT2D eigenvalue weighted by Crippen LogP contribution is 2.28. The minimum atomic E-state index is -0.507. The number of aryl methyl sites for hydroxylation is 1. The predicted molar refractivity (Wildman–Crippen MR) is 82.0 cm³/mol. The minimum Gasteiger partial charge on any atom is -0.481 e. The van der Waals surface area contributed by atoms with Crippen LogP contribution in [-0.4, -0.2) is 25.1 Å². The third-order valence-electron chi connectivity index (χ3n) is 3.14. The van der Waals surface area contributed by atoms with E-state index in [0.29, 0.717) is 19.0 Å². The summed E-state index contributed by atoms with van der Waals surface area (Å²) in [5, 5.41) is 2.82. The van der Waals surface area contributed by atoms with Crippen LogP contribution in [-0.2, 0) is 4.79 Å². The van der Waals surface area contributed by atoms with Crippen LogP contribution >= 0.6 is 0 Å². The fraction of sp³-hybridized carbons (Fsp3) is 0.562. The van der Waals surface area contributed by atoms with E-state index < -0.39 is 6.10 Å². The third kappa shape index (κ3) is 4.85. The van der Waals surface area contributed by atoms with Gasteiger partial charge in [-0.3, -0.25) is 4.79 Å². The summed E-state index contributed by atoms with van der Waals surface area (Å²) in [6, 6.07) is 6.11. The number of nitrogens with one attached hydrogen (secondary N) is 1. The average molecular weight is 278 g/mol. The van der Waals surface area contributed by atoms with Crippen molar-refractivity contribution in [3.05, 3.63) is 29.3 Å². The summed E-state index contributed by atoms with van der Waals surface area (Å²) in [6.07, 6.45) is 0.271. The maximum absolute atomic E-state index is 11.9. The molecule has 112 valence electrons. The second-order valence-corrected chi connectivity index (χ2v) is 5.39. The second kappa shape index (κ2) is 7.90. The van der Waals surface area contributed by atoms with Crippen molar-refractivity contribution >= 4 is 5.91 Å². The first kappa shape index (κ1) is 16.5. The highest BCUT2D eigenvalue weighted by atomic mass is 16.5.